The molecule has 0 aromatic carbocycles. The van der Waals surface area contributed by atoms with Crippen molar-refractivity contribution in [3.8, 4) is 0 Å². The van der Waals surface area contributed by atoms with Crippen LogP contribution in [-0.2, 0) is 14.3 Å². The summed E-state index contributed by atoms with van der Waals surface area (Å²) in [5, 5.41) is -0.385. The first-order valence-electron chi connectivity index (χ1n) is 5.59. The highest BCUT2D eigenvalue weighted by Gasteiger charge is 2.53. The van der Waals surface area contributed by atoms with Crippen molar-refractivity contribution in [2.24, 2.45) is 5.41 Å². The lowest BCUT2D eigenvalue weighted by atomic mass is 9.69. The lowest BCUT2D eigenvalue weighted by molar-refractivity contribution is -0.161. The lowest BCUT2D eigenvalue weighted by Gasteiger charge is -2.39. The zero-order valence-corrected chi connectivity index (χ0v) is 11.8. The van der Waals surface area contributed by atoms with Gasteiger partial charge < -0.3 is 9.53 Å². The zero-order chi connectivity index (χ0) is 12.4. The molecular weight excluding hydrogens is 244 g/mol. The second-order valence-electron chi connectivity index (χ2n) is 5.61. The van der Waals surface area contributed by atoms with Crippen LogP contribution in [-0.4, -0.2) is 32.3 Å². The van der Waals surface area contributed by atoms with Crippen molar-refractivity contribution in [3.05, 3.63) is 0 Å². The summed E-state index contributed by atoms with van der Waals surface area (Å²) in [7, 11) is -1.20. The number of carbonyl (C=O) groups is 2. The first-order valence-corrected chi connectivity index (χ1v) is 9.74. The van der Waals surface area contributed by atoms with Gasteiger partial charge in [-0.15, -0.1) is 11.6 Å². The maximum atomic E-state index is 11.8. The fourth-order valence-electron chi connectivity index (χ4n) is 1.56. The Bertz CT molecular complexity index is 287. The molecule has 2 atom stereocenters. The fourth-order valence-corrected chi connectivity index (χ4v) is 2.63. The summed E-state index contributed by atoms with van der Waals surface area (Å²) in [6, 6.07) is 0.917. The third-order valence-electron chi connectivity index (χ3n) is 3.05. The average molecular weight is 263 g/mol. The third-order valence-corrected chi connectivity index (χ3v) is 5.36. The van der Waals surface area contributed by atoms with E-state index in [0.717, 1.165) is 6.04 Å². The van der Waals surface area contributed by atoms with Gasteiger partial charge in [-0.1, -0.05) is 19.6 Å². The molecule has 1 fully saturated rings. The summed E-state index contributed by atoms with van der Waals surface area (Å²) in [6.45, 7) is 7.05. The second-order valence-corrected chi connectivity index (χ2v) is 11.8. The minimum atomic E-state index is -1.20. The number of rotatable bonds is 5. The minimum absolute atomic E-state index is 0.385. The van der Waals surface area contributed by atoms with E-state index in [4.69, 9.17) is 16.3 Å². The Morgan fingerprint density at radius 2 is 2.19 bits per heavy atom. The Morgan fingerprint density at radius 3 is 2.50 bits per heavy atom. The number of ether oxygens (including phenoxy) is 1. The standard InChI is InChI=1S/C11H19ClO3Si/c1-16(2,3)7-6-15-10(14)11(8-13)5-4-9(11)12/h8-9H,4-7H2,1-3H3. The Balaban J connectivity index is 2.43. The van der Waals surface area contributed by atoms with Gasteiger partial charge in [0.15, 0.2) is 0 Å². The van der Waals surface area contributed by atoms with Crippen molar-refractivity contribution in [2.75, 3.05) is 6.61 Å². The van der Waals surface area contributed by atoms with E-state index in [1.807, 2.05) is 0 Å². The maximum Gasteiger partial charge on any atom is 0.320 e. The average Bonchev–Trinajstić information content (AvgIpc) is 2.15. The van der Waals surface area contributed by atoms with Crippen molar-refractivity contribution < 1.29 is 14.3 Å². The van der Waals surface area contributed by atoms with Gasteiger partial charge in [-0.3, -0.25) is 4.79 Å². The minimum Gasteiger partial charge on any atom is -0.465 e. The first-order chi connectivity index (χ1) is 7.32. The number of esters is 1. The van der Waals surface area contributed by atoms with Crippen LogP contribution in [0.15, 0.2) is 0 Å². The molecule has 0 aromatic heterocycles. The van der Waals surface area contributed by atoms with Gasteiger partial charge in [-0.25, -0.2) is 0 Å². The van der Waals surface area contributed by atoms with E-state index < -0.39 is 19.5 Å². The third kappa shape index (κ3) is 2.86. The molecule has 0 amide bonds. The van der Waals surface area contributed by atoms with E-state index in [9.17, 15) is 9.59 Å². The summed E-state index contributed by atoms with van der Waals surface area (Å²) in [6.07, 6.45) is 1.89. The van der Waals surface area contributed by atoms with Crippen molar-refractivity contribution in [1.82, 2.24) is 0 Å². The van der Waals surface area contributed by atoms with Crippen LogP contribution in [0.4, 0.5) is 0 Å². The Hall–Kier alpha value is -0.353. The van der Waals surface area contributed by atoms with Crippen molar-refractivity contribution in [3.63, 3.8) is 0 Å². The van der Waals surface area contributed by atoms with Gasteiger partial charge in [0.1, 0.15) is 11.7 Å². The monoisotopic (exact) mass is 262 g/mol. The Morgan fingerprint density at radius 1 is 1.56 bits per heavy atom. The highest BCUT2D eigenvalue weighted by atomic mass is 35.5. The second kappa shape index (κ2) is 4.88. The van der Waals surface area contributed by atoms with Gasteiger partial charge >= 0.3 is 5.97 Å². The van der Waals surface area contributed by atoms with Gasteiger partial charge in [-0.05, 0) is 18.9 Å². The summed E-state index contributed by atoms with van der Waals surface area (Å²) >= 11 is 5.91. The topological polar surface area (TPSA) is 43.4 Å². The van der Waals surface area contributed by atoms with E-state index in [2.05, 4.69) is 19.6 Å². The Labute approximate surface area is 103 Å². The Kier molecular flexibility index (Phi) is 4.18. The van der Waals surface area contributed by atoms with Crippen LogP contribution in [0.5, 0.6) is 0 Å². The molecule has 2 unspecified atom stereocenters. The van der Waals surface area contributed by atoms with Crippen LogP contribution in [0.3, 0.4) is 0 Å². The van der Waals surface area contributed by atoms with Gasteiger partial charge in [0.25, 0.3) is 0 Å². The van der Waals surface area contributed by atoms with Crippen LogP contribution in [0.25, 0.3) is 0 Å². The summed E-state index contributed by atoms with van der Waals surface area (Å²) in [5.41, 5.74) is -1.05. The summed E-state index contributed by atoms with van der Waals surface area (Å²) in [4.78, 5) is 22.7. The molecule has 0 aromatic rings. The molecule has 1 aliphatic carbocycles. The van der Waals surface area contributed by atoms with E-state index >= 15 is 0 Å². The predicted octanol–water partition coefficient (Wildman–Crippen LogP) is 2.45. The molecule has 1 rings (SSSR count). The van der Waals surface area contributed by atoms with Gasteiger partial charge in [0, 0.05) is 8.07 Å². The number of halogens is 1. The predicted molar refractivity (Wildman–Crippen MR) is 66.5 cm³/mol. The SMILES string of the molecule is C[Si](C)(C)CCOC(=O)C1(C=O)CCC1Cl. The van der Waals surface area contributed by atoms with Crippen molar-refractivity contribution in [1.29, 1.82) is 0 Å². The van der Waals surface area contributed by atoms with Crippen LogP contribution >= 0.6 is 11.6 Å². The molecule has 0 heterocycles. The van der Waals surface area contributed by atoms with E-state index in [-0.39, 0.29) is 5.38 Å². The summed E-state index contributed by atoms with van der Waals surface area (Å²) in [5.74, 6) is -0.438. The molecule has 1 saturated carbocycles. The molecule has 0 aliphatic heterocycles. The van der Waals surface area contributed by atoms with Crippen LogP contribution in [0, 0.1) is 5.41 Å². The van der Waals surface area contributed by atoms with Crippen LogP contribution < -0.4 is 0 Å². The molecule has 3 nitrogen and oxygen atoms in total. The first kappa shape index (κ1) is 13.7. The van der Waals surface area contributed by atoms with E-state index in [1.165, 1.54) is 0 Å². The molecule has 0 saturated heterocycles. The zero-order valence-electron chi connectivity index (χ0n) is 10.1. The highest BCUT2D eigenvalue weighted by molar-refractivity contribution is 6.76. The number of hydrogen-bond donors (Lipinski definition) is 0. The molecule has 92 valence electrons. The normalized spacial score (nSPS) is 29.4. The molecule has 0 bridgehead atoms. The number of alkyl halides is 1. The van der Waals surface area contributed by atoms with Gasteiger partial charge in [0.2, 0.25) is 0 Å². The molecule has 5 heteroatoms. The number of hydrogen-bond acceptors (Lipinski definition) is 3. The largest absolute Gasteiger partial charge is 0.465 e. The van der Waals surface area contributed by atoms with Crippen LogP contribution in [0.2, 0.25) is 25.7 Å². The molecule has 0 spiro atoms. The van der Waals surface area contributed by atoms with Crippen LogP contribution in [0.1, 0.15) is 12.8 Å². The smallest absolute Gasteiger partial charge is 0.320 e. The molecule has 0 N–H and O–H groups in total. The molecular formula is C11H19ClO3Si. The molecule has 1 aliphatic rings. The van der Waals surface area contributed by atoms with E-state index in [0.29, 0.717) is 25.7 Å². The van der Waals surface area contributed by atoms with Gasteiger partial charge in [-0.2, -0.15) is 0 Å². The van der Waals surface area contributed by atoms with Crippen molar-refractivity contribution >= 4 is 31.9 Å². The summed E-state index contributed by atoms with van der Waals surface area (Å²) < 4.78 is 5.17. The van der Waals surface area contributed by atoms with Gasteiger partial charge in [0.05, 0.1) is 12.0 Å². The van der Waals surface area contributed by atoms with E-state index in [1.54, 1.807) is 0 Å². The highest BCUT2D eigenvalue weighted by Crippen LogP contribution is 2.44. The molecule has 16 heavy (non-hydrogen) atoms. The number of carbonyl (C=O) groups excluding carboxylic acids is 2. The lowest BCUT2D eigenvalue weighted by Crippen LogP contribution is -2.50. The number of aldehydes is 1. The molecule has 0 radical (unpaired) electrons. The fraction of sp³-hybridized carbons (Fsp3) is 0.818. The quantitative estimate of drug-likeness (QED) is 0.251. The van der Waals surface area contributed by atoms with Crippen molar-refractivity contribution in [2.45, 2.75) is 43.9 Å². The maximum absolute atomic E-state index is 11.8.